The molecule has 0 aliphatic rings. The van der Waals surface area contributed by atoms with Gasteiger partial charge in [0.25, 0.3) is 0 Å². The Balaban J connectivity index is 2.94. The molecule has 0 bridgehead atoms. The van der Waals surface area contributed by atoms with Crippen molar-refractivity contribution in [1.29, 1.82) is 5.26 Å². The third-order valence-corrected chi connectivity index (χ3v) is 1.09. The minimum absolute atomic E-state index is 0.271. The summed E-state index contributed by atoms with van der Waals surface area (Å²) in [6.45, 7) is 0. The molecule has 10 heavy (non-hydrogen) atoms. The molecule has 2 N–H and O–H groups in total. The van der Waals surface area contributed by atoms with Crippen LogP contribution in [-0.4, -0.2) is 9.97 Å². The summed E-state index contributed by atoms with van der Waals surface area (Å²) in [4.78, 5) is 7.44. The van der Waals surface area contributed by atoms with Crippen LogP contribution in [0.3, 0.4) is 0 Å². The molecule has 1 aromatic rings. The highest BCUT2D eigenvalue weighted by atomic mass is 14.9. The van der Waals surface area contributed by atoms with Gasteiger partial charge in [-0.15, -0.1) is 0 Å². The molecular weight excluding hydrogens is 128 g/mol. The van der Waals surface area contributed by atoms with Gasteiger partial charge in [0.15, 0.2) is 0 Å². The van der Waals surface area contributed by atoms with E-state index in [2.05, 4.69) is 9.97 Å². The topological polar surface area (TPSA) is 75.6 Å². The van der Waals surface area contributed by atoms with Gasteiger partial charge >= 0.3 is 0 Å². The second-order valence-electron chi connectivity index (χ2n) is 1.77. The Morgan fingerprint density at radius 1 is 1.70 bits per heavy atom. The van der Waals surface area contributed by atoms with Crippen LogP contribution in [-0.2, 0) is 6.42 Å². The van der Waals surface area contributed by atoms with Crippen LogP contribution in [0.15, 0.2) is 12.5 Å². The third-order valence-electron chi connectivity index (χ3n) is 1.09. The van der Waals surface area contributed by atoms with Gasteiger partial charge in [-0.2, -0.15) is 5.26 Å². The maximum Gasteiger partial charge on any atom is 0.131 e. The zero-order valence-electron chi connectivity index (χ0n) is 5.28. The van der Waals surface area contributed by atoms with Gasteiger partial charge in [0.2, 0.25) is 0 Å². The average molecular weight is 134 g/mol. The van der Waals surface area contributed by atoms with Gasteiger partial charge in [0.1, 0.15) is 12.1 Å². The molecule has 0 saturated heterocycles. The highest BCUT2D eigenvalue weighted by Gasteiger charge is 1.96. The Morgan fingerprint density at radius 3 is 3.10 bits per heavy atom. The zero-order valence-corrected chi connectivity index (χ0v) is 5.28. The monoisotopic (exact) mass is 134 g/mol. The quantitative estimate of drug-likeness (QED) is 0.592. The summed E-state index contributed by atoms with van der Waals surface area (Å²) in [5.74, 6) is 0.386. The predicted molar refractivity (Wildman–Crippen MR) is 35.8 cm³/mol. The first-order chi connectivity index (χ1) is 4.84. The van der Waals surface area contributed by atoms with Gasteiger partial charge in [0, 0.05) is 11.8 Å². The molecule has 0 atom stereocenters. The largest absolute Gasteiger partial charge is 0.383 e. The van der Waals surface area contributed by atoms with Crippen molar-refractivity contribution in [3.05, 3.63) is 18.1 Å². The molecule has 0 aromatic carbocycles. The fourth-order valence-electron chi connectivity index (χ4n) is 0.589. The first-order valence-corrected chi connectivity index (χ1v) is 2.76. The minimum atomic E-state index is 0.271. The Labute approximate surface area is 58.3 Å². The van der Waals surface area contributed by atoms with Crippen molar-refractivity contribution in [3.63, 3.8) is 0 Å². The molecule has 4 heteroatoms. The zero-order chi connectivity index (χ0) is 7.40. The van der Waals surface area contributed by atoms with Crippen LogP contribution in [0.5, 0.6) is 0 Å². The molecule has 0 radical (unpaired) electrons. The third kappa shape index (κ3) is 1.20. The van der Waals surface area contributed by atoms with Crippen molar-refractivity contribution in [2.24, 2.45) is 0 Å². The summed E-state index contributed by atoms with van der Waals surface area (Å²) >= 11 is 0. The Bertz CT molecular complexity index is 263. The van der Waals surface area contributed by atoms with Gasteiger partial charge < -0.3 is 5.73 Å². The lowest BCUT2D eigenvalue weighted by Crippen LogP contribution is -1.96. The summed E-state index contributed by atoms with van der Waals surface area (Å²) in [7, 11) is 0. The van der Waals surface area contributed by atoms with Crippen molar-refractivity contribution < 1.29 is 0 Å². The van der Waals surface area contributed by atoms with E-state index in [1.807, 2.05) is 6.07 Å². The van der Waals surface area contributed by atoms with Crippen molar-refractivity contribution >= 4 is 5.82 Å². The lowest BCUT2D eigenvalue weighted by Gasteiger charge is -1.95. The van der Waals surface area contributed by atoms with Gasteiger partial charge in [-0.1, -0.05) is 0 Å². The van der Waals surface area contributed by atoms with Crippen LogP contribution in [0.25, 0.3) is 0 Å². The van der Waals surface area contributed by atoms with E-state index in [1.165, 1.54) is 6.33 Å². The molecule has 1 rings (SSSR count). The number of hydrogen-bond donors (Lipinski definition) is 1. The molecule has 4 nitrogen and oxygen atoms in total. The van der Waals surface area contributed by atoms with Gasteiger partial charge in [-0.3, -0.25) is 0 Å². The Morgan fingerprint density at radius 2 is 2.50 bits per heavy atom. The number of anilines is 1. The average Bonchev–Trinajstić information content (AvgIpc) is 1.94. The summed E-state index contributed by atoms with van der Waals surface area (Å²) < 4.78 is 0. The molecule has 0 aliphatic heterocycles. The molecule has 0 unspecified atom stereocenters. The summed E-state index contributed by atoms with van der Waals surface area (Å²) in [6, 6.07) is 1.96. The number of hydrogen-bond acceptors (Lipinski definition) is 4. The van der Waals surface area contributed by atoms with Crippen LogP contribution in [0.4, 0.5) is 5.82 Å². The second-order valence-corrected chi connectivity index (χ2v) is 1.77. The Hall–Kier alpha value is -1.63. The van der Waals surface area contributed by atoms with Gasteiger partial charge in [0.05, 0.1) is 12.5 Å². The maximum absolute atomic E-state index is 8.28. The molecule has 0 spiro atoms. The molecule has 1 heterocycles. The molecule has 0 amide bonds. The van der Waals surface area contributed by atoms with Crippen LogP contribution in [0, 0.1) is 11.3 Å². The number of rotatable bonds is 1. The van der Waals surface area contributed by atoms with Crippen molar-refractivity contribution in [1.82, 2.24) is 9.97 Å². The highest BCUT2D eigenvalue weighted by molar-refractivity contribution is 5.37. The van der Waals surface area contributed by atoms with Crippen molar-refractivity contribution in [3.8, 4) is 6.07 Å². The normalized spacial score (nSPS) is 8.70. The van der Waals surface area contributed by atoms with E-state index in [4.69, 9.17) is 11.0 Å². The molecule has 50 valence electrons. The number of nitriles is 1. The smallest absolute Gasteiger partial charge is 0.131 e. The number of nitrogens with zero attached hydrogens (tertiary/aromatic N) is 3. The molecule has 0 fully saturated rings. The number of nitrogen functional groups attached to an aromatic ring is 1. The predicted octanol–water partition coefficient (Wildman–Crippen LogP) is 0.125. The minimum Gasteiger partial charge on any atom is -0.383 e. The van der Waals surface area contributed by atoms with E-state index in [0.717, 1.165) is 0 Å². The lowest BCUT2D eigenvalue weighted by atomic mass is 10.2. The highest BCUT2D eigenvalue weighted by Crippen LogP contribution is 2.03. The molecule has 1 aromatic heterocycles. The lowest BCUT2D eigenvalue weighted by molar-refractivity contribution is 1.10. The van der Waals surface area contributed by atoms with E-state index < -0.39 is 0 Å². The molecular formula is C6H6N4. The molecule has 0 saturated carbocycles. The number of nitrogens with two attached hydrogens (primary N) is 1. The summed E-state index contributed by atoms with van der Waals surface area (Å²) in [5, 5.41) is 8.28. The van der Waals surface area contributed by atoms with E-state index in [1.54, 1.807) is 6.20 Å². The fourth-order valence-corrected chi connectivity index (χ4v) is 0.589. The van der Waals surface area contributed by atoms with Crippen LogP contribution in [0.1, 0.15) is 5.56 Å². The fraction of sp³-hybridized carbons (Fsp3) is 0.167. The first kappa shape index (κ1) is 6.49. The van der Waals surface area contributed by atoms with Gasteiger partial charge in [-0.05, 0) is 0 Å². The maximum atomic E-state index is 8.28. The second kappa shape index (κ2) is 2.78. The SMILES string of the molecule is N#CCc1cncnc1N. The Kier molecular flexibility index (Phi) is 1.80. The first-order valence-electron chi connectivity index (χ1n) is 2.76. The van der Waals surface area contributed by atoms with Crippen molar-refractivity contribution in [2.45, 2.75) is 6.42 Å². The van der Waals surface area contributed by atoms with Gasteiger partial charge in [-0.25, -0.2) is 9.97 Å². The van der Waals surface area contributed by atoms with E-state index >= 15 is 0 Å². The summed E-state index contributed by atoms with van der Waals surface area (Å²) in [6.07, 6.45) is 3.18. The van der Waals surface area contributed by atoms with E-state index in [-0.39, 0.29) is 6.42 Å². The van der Waals surface area contributed by atoms with Crippen LogP contribution < -0.4 is 5.73 Å². The van der Waals surface area contributed by atoms with Crippen molar-refractivity contribution in [2.75, 3.05) is 5.73 Å². The van der Waals surface area contributed by atoms with Crippen LogP contribution in [0.2, 0.25) is 0 Å². The number of aromatic nitrogens is 2. The van der Waals surface area contributed by atoms with E-state index in [0.29, 0.717) is 11.4 Å². The summed E-state index contributed by atoms with van der Waals surface area (Å²) in [5.41, 5.74) is 6.09. The standard InChI is InChI=1S/C6H6N4/c7-2-1-5-3-9-4-10-6(5)8/h3-4H,1H2,(H2,8,9,10). The molecule has 0 aliphatic carbocycles. The van der Waals surface area contributed by atoms with Crippen LogP contribution >= 0.6 is 0 Å². The van der Waals surface area contributed by atoms with E-state index in [9.17, 15) is 0 Å².